The zero-order chi connectivity index (χ0) is 10.4. The monoisotopic (exact) mass is 251 g/mol. The molecular weight excluding hydrogens is 238 g/mol. The highest BCUT2D eigenvalue weighted by Gasteiger charge is 2.01. The quantitative estimate of drug-likeness (QED) is 0.723. The summed E-state index contributed by atoms with van der Waals surface area (Å²) < 4.78 is 1.09. The Hall–Kier alpha value is -1.02. The molecule has 1 nitrogen and oxygen atoms in total. The molecule has 0 unspecified atom stereocenters. The first-order valence-electron chi connectivity index (χ1n) is 4.50. The summed E-state index contributed by atoms with van der Waals surface area (Å²) in [5.41, 5.74) is 1.18. The van der Waals surface area contributed by atoms with Gasteiger partial charge < -0.3 is 4.90 Å². The van der Waals surface area contributed by atoms with Gasteiger partial charge in [0.05, 0.1) is 0 Å². The molecule has 0 aliphatic heterocycles. The van der Waals surface area contributed by atoms with E-state index in [1.807, 2.05) is 24.3 Å². The maximum atomic E-state index is 3.74. The Morgan fingerprint density at radius 3 is 2.36 bits per heavy atom. The molecule has 0 amide bonds. The van der Waals surface area contributed by atoms with Gasteiger partial charge in [0.2, 0.25) is 0 Å². The second-order valence-electron chi connectivity index (χ2n) is 2.96. The normalized spacial score (nSPS) is 9.50. The highest BCUT2D eigenvalue weighted by molar-refractivity contribution is 9.10. The second kappa shape index (κ2) is 5.66. The van der Waals surface area contributed by atoms with Gasteiger partial charge in [-0.2, -0.15) is 0 Å². The Labute approximate surface area is 93.9 Å². The molecule has 0 atom stereocenters. The lowest BCUT2D eigenvalue weighted by molar-refractivity contribution is 0.956. The largest absolute Gasteiger partial charge is 0.364 e. The summed E-state index contributed by atoms with van der Waals surface area (Å²) in [5, 5.41) is 0. The molecule has 74 valence electrons. The summed E-state index contributed by atoms with van der Waals surface area (Å²) in [4.78, 5) is 2.20. The first kappa shape index (κ1) is 11.1. The Bertz CT molecular complexity index is 310. The highest BCUT2D eigenvalue weighted by atomic mass is 79.9. The van der Waals surface area contributed by atoms with Crippen LogP contribution in [0.25, 0.3) is 0 Å². The number of benzene rings is 1. The Balaban J connectivity index is 2.85. The molecule has 0 fully saturated rings. The zero-order valence-corrected chi connectivity index (χ0v) is 9.70. The van der Waals surface area contributed by atoms with Crippen LogP contribution in [0.4, 0.5) is 5.69 Å². The minimum absolute atomic E-state index is 0.836. The van der Waals surface area contributed by atoms with Crippen molar-refractivity contribution in [1.29, 1.82) is 0 Å². The fourth-order valence-corrected chi connectivity index (χ4v) is 1.66. The standard InChI is InChI=1S/C12H14BrN/c1-3-8-14(9-4-2)12-7-5-6-11(13)10-12/h3-7,10H,1-2,8-9H2. The van der Waals surface area contributed by atoms with Crippen LogP contribution in [0.5, 0.6) is 0 Å². The average Bonchev–Trinajstić information content (AvgIpc) is 2.17. The van der Waals surface area contributed by atoms with Crippen LogP contribution >= 0.6 is 15.9 Å². The van der Waals surface area contributed by atoms with Crippen LogP contribution in [0.1, 0.15) is 0 Å². The third-order valence-electron chi connectivity index (χ3n) is 1.87. The lowest BCUT2D eigenvalue weighted by Crippen LogP contribution is -2.22. The molecule has 2 heteroatoms. The van der Waals surface area contributed by atoms with E-state index in [0.29, 0.717) is 0 Å². The number of anilines is 1. The van der Waals surface area contributed by atoms with E-state index in [2.05, 4.69) is 46.1 Å². The van der Waals surface area contributed by atoms with Gasteiger partial charge >= 0.3 is 0 Å². The predicted octanol–water partition coefficient (Wildman–Crippen LogP) is 3.63. The SMILES string of the molecule is C=CCN(CC=C)c1cccc(Br)c1. The van der Waals surface area contributed by atoms with E-state index in [1.165, 1.54) is 5.69 Å². The van der Waals surface area contributed by atoms with Crippen molar-refractivity contribution >= 4 is 21.6 Å². The molecule has 0 radical (unpaired) electrons. The summed E-state index contributed by atoms with van der Waals surface area (Å²) in [6.07, 6.45) is 3.79. The second-order valence-corrected chi connectivity index (χ2v) is 3.88. The van der Waals surface area contributed by atoms with Gasteiger partial charge in [-0.15, -0.1) is 13.2 Å². The van der Waals surface area contributed by atoms with E-state index in [4.69, 9.17) is 0 Å². The van der Waals surface area contributed by atoms with Gasteiger partial charge in [0.25, 0.3) is 0 Å². The van der Waals surface area contributed by atoms with Crippen molar-refractivity contribution in [2.24, 2.45) is 0 Å². The Morgan fingerprint density at radius 2 is 1.86 bits per heavy atom. The van der Waals surface area contributed by atoms with E-state index in [-0.39, 0.29) is 0 Å². The summed E-state index contributed by atoms with van der Waals surface area (Å²) >= 11 is 3.45. The molecule has 1 aromatic carbocycles. The van der Waals surface area contributed by atoms with Crippen molar-refractivity contribution < 1.29 is 0 Å². The van der Waals surface area contributed by atoms with Gasteiger partial charge in [-0.1, -0.05) is 34.1 Å². The fourth-order valence-electron chi connectivity index (χ4n) is 1.27. The predicted molar refractivity (Wildman–Crippen MR) is 66.7 cm³/mol. The smallest absolute Gasteiger partial charge is 0.0383 e. The van der Waals surface area contributed by atoms with Gasteiger partial charge in [-0.25, -0.2) is 0 Å². The third kappa shape index (κ3) is 3.04. The van der Waals surface area contributed by atoms with Gasteiger partial charge in [-0.05, 0) is 18.2 Å². The Morgan fingerprint density at radius 1 is 1.21 bits per heavy atom. The molecule has 0 saturated carbocycles. The van der Waals surface area contributed by atoms with E-state index in [0.717, 1.165) is 17.6 Å². The fraction of sp³-hybridized carbons (Fsp3) is 0.167. The van der Waals surface area contributed by atoms with Crippen molar-refractivity contribution in [2.45, 2.75) is 0 Å². The third-order valence-corrected chi connectivity index (χ3v) is 2.37. The average molecular weight is 252 g/mol. The molecule has 0 aromatic heterocycles. The molecule has 0 heterocycles. The maximum Gasteiger partial charge on any atom is 0.0383 e. The molecule has 0 aliphatic rings. The number of nitrogens with zero attached hydrogens (tertiary/aromatic N) is 1. The summed E-state index contributed by atoms with van der Waals surface area (Å²) in [5.74, 6) is 0. The van der Waals surface area contributed by atoms with Gasteiger partial charge in [-0.3, -0.25) is 0 Å². The maximum absolute atomic E-state index is 3.74. The van der Waals surface area contributed by atoms with Crippen LogP contribution in [0.3, 0.4) is 0 Å². The lowest BCUT2D eigenvalue weighted by atomic mass is 10.3. The molecule has 1 rings (SSSR count). The first-order valence-corrected chi connectivity index (χ1v) is 5.29. The molecule has 0 aliphatic carbocycles. The van der Waals surface area contributed by atoms with Crippen LogP contribution in [-0.4, -0.2) is 13.1 Å². The van der Waals surface area contributed by atoms with Crippen molar-refractivity contribution in [2.75, 3.05) is 18.0 Å². The van der Waals surface area contributed by atoms with E-state index in [9.17, 15) is 0 Å². The lowest BCUT2D eigenvalue weighted by Gasteiger charge is -2.21. The molecule has 0 N–H and O–H groups in total. The molecule has 1 aromatic rings. The minimum Gasteiger partial charge on any atom is -0.364 e. The molecule has 0 spiro atoms. The summed E-state index contributed by atoms with van der Waals surface area (Å²) in [6, 6.07) is 8.22. The van der Waals surface area contributed by atoms with Crippen molar-refractivity contribution in [3.8, 4) is 0 Å². The van der Waals surface area contributed by atoms with Gasteiger partial charge in [0.15, 0.2) is 0 Å². The van der Waals surface area contributed by atoms with Crippen LogP contribution in [-0.2, 0) is 0 Å². The van der Waals surface area contributed by atoms with Crippen molar-refractivity contribution in [3.05, 3.63) is 54.0 Å². The molecular formula is C12H14BrN. The highest BCUT2D eigenvalue weighted by Crippen LogP contribution is 2.19. The van der Waals surface area contributed by atoms with Crippen LogP contribution in [0, 0.1) is 0 Å². The van der Waals surface area contributed by atoms with Gasteiger partial charge in [0, 0.05) is 23.2 Å². The van der Waals surface area contributed by atoms with Crippen LogP contribution in [0.2, 0.25) is 0 Å². The molecule has 14 heavy (non-hydrogen) atoms. The van der Waals surface area contributed by atoms with Crippen molar-refractivity contribution in [3.63, 3.8) is 0 Å². The topological polar surface area (TPSA) is 3.24 Å². The first-order chi connectivity index (χ1) is 6.77. The van der Waals surface area contributed by atoms with E-state index in [1.54, 1.807) is 0 Å². The summed E-state index contributed by atoms with van der Waals surface area (Å²) in [7, 11) is 0. The number of hydrogen-bond acceptors (Lipinski definition) is 1. The van der Waals surface area contributed by atoms with Crippen LogP contribution < -0.4 is 4.90 Å². The van der Waals surface area contributed by atoms with Crippen LogP contribution in [0.15, 0.2) is 54.0 Å². The van der Waals surface area contributed by atoms with E-state index < -0.39 is 0 Å². The minimum atomic E-state index is 0.836. The number of rotatable bonds is 5. The van der Waals surface area contributed by atoms with Crippen molar-refractivity contribution in [1.82, 2.24) is 0 Å². The number of hydrogen-bond donors (Lipinski definition) is 0. The molecule has 0 bridgehead atoms. The molecule has 0 saturated heterocycles. The van der Waals surface area contributed by atoms with E-state index >= 15 is 0 Å². The summed E-state index contributed by atoms with van der Waals surface area (Å²) in [6.45, 7) is 9.16. The van der Waals surface area contributed by atoms with Gasteiger partial charge in [0.1, 0.15) is 0 Å². The zero-order valence-electron chi connectivity index (χ0n) is 8.12. The Kier molecular flexibility index (Phi) is 4.47. The number of halogens is 1.